The summed E-state index contributed by atoms with van der Waals surface area (Å²) in [4.78, 5) is 11.4. The third-order valence-corrected chi connectivity index (χ3v) is 3.77. The smallest absolute Gasteiger partial charge is 0.313 e. The lowest BCUT2D eigenvalue weighted by Gasteiger charge is -2.18. The van der Waals surface area contributed by atoms with E-state index in [1.807, 2.05) is 17.8 Å². The number of aliphatic carboxylic acids is 1. The number of benzene rings is 1. The van der Waals surface area contributed by atoms with Gasteiger partial charge in [0.15, 0.2) is 0 Å². The Bertz CT molecular complexity index is 658. The first-order valence-corrected chi connectivity index (χ1v) is 6.23. The first-order chi connectivity index (χ1) is 8.78. The van der Waals surface area contributed by atoms with Gasteiger partial charge < -0.3 is 14.4 Å². The highest BCUT2D eigenvalue weighted by atomic mass is 35.5. The van der Waals surface area contributed by atoms with Crippen molar-refractivity contribution in [1.82, 2.24) is 4.57 Å². The van der Waals surface area contributed by atoms with E-state index >= 15 is 0 Å². The third kappa shape index (κ3) is 2.06. The molecule has 102 valence electrons. The van der Waals surface area contributed by atoms with Gasteiger partial charge in [-0.25, -0.2) is 0 Å². The molecule has 2 rings (SSSR count). The number of carboxylic acid groups (broad SMARTS) is 1. The van der Waals surface area contributed by atoms with E-state index in [9.17, 15) is 9.90 Å². The van der Waals surface area contributed by atoms with Crippen molar-refractivity contribution in [3.05, 3.63) is 28.9 Å². The van der Waals surface area contributed by atoms with Crippen LogP contribution < -0.4 is 4.74 Å². The monoisotopic (exact) mass is 281 g/mol. The summed E-state index contributed by atoms with van der Waals surface area (Å²) < 4.78 is 7.08. The predicted molar refractivity (Wildman–Crippen MR) is 75.1 cm³/mol. The molecular formula is C14H16ClNO3. The maximum absolute atomic E-state index is 11.4. The molecule has 0 saturated carbocycles. The van der Waals surface area contributed by atoms with Gasteiger partial charge >= 0.3 is 5.97 Å². The molecule has 0 atom stereocenters. The molecule has 0 spiro atoms. The van der Waals surface area contributed by atoms with Gasteiger partial charge in [0.05, 0.1) is 17.5 Å². The maximum Gasteiger partial charge on any atom is 0.313 e. The van der Waals surface area contributed by atoms with Gasteiger partial charge in [-0.3, -0.25) is 4.79 Å². The number of aromatic nitrogens is 1. The van der Waals surface area contributed by atoms with E-state index in [-0.39, 0.29) is 0 Å². The Kier molecular flexibility index (Phi) is 3.22. The molecule has 1 aromatic carbocycles. The molecule has 19 heavy (non-hydrogen) atoms. The fraction of sp³-hybridized carbons (Fsp3) is 0.357. The molecule has 0 aliphatic carbocycles. The van der Waals surface area contributed by atoms with Crippen LogP contribution in [0.3, 0.4) is 0 Å². The number of halogens is 1. The van der Waals surface area contributed by atoms with Crippen LogP contribution >= 0.6 is 11.6 Å². The second-order valence-corrected chi connectivity index (χ2v) is 5.49. The van der Waals surface area contributed by atoms with Crippen molar-refractivity contribution >= 4 is 28.5 Å². The number of hydrogen-bond donors (Lipinski definition) is 1. The molecule has 0 fully saturated rings. The third-order valence-electron chi connectivity index (χ3n) is 3.47. The van der Waals surface area contributed by atoms with E-state index in [0.29, 0.717) is 10.8 Å². The molecule has 2 aromatic rings. The molecular weight excluding hydrogens is 266 g/mol. The Balaban J connectivity index is 2.80. The summed E-state index contributed by atoms with van der Waals surface area (Å²) in [5.74, 6) is -0.322. The van der Waals surface area contributed by atoms with Crippen LogP contribution in [0.1, 0.15) is 19.4 Å². The summed E-state index contributed by atoms with van der Waals surface area (Å²) in [7, 11) is 3.41. The quantitative estimate of drug-likeness (QED) is 0.940. The van der Waals surface area contributed by atoms with E-state index in [4.69, 9.17) is 16.3 Å². The lowest BCUT2D eigenvalue weighted by Crippen LogP contribution is -2.28. The maximum atomic E-state index is 11.4. The number of aryl methyl sites for hydroxylation is 1. The molecule has 1 N–H and O–H groups in total. The molecule has 1 heterocycles. The zero-order valence-corrected chi connectivity index (χ0v) is 12.1. The number of ether oxygens (including phenoxy) is 1. The van der Waals surface area contributed by atoms with E-state index in [2.05, 4.69) is 0 Å². The fourth-order valence-corrected chi connectivity index (χ4v) is 2.39. The summed E-state index contributed by atoms with van der Waals surface area (Å²) in [5.41, 5.74) is 0.654. The fourth-order valence-electron chi connectivity index (χ4n) is 2.15. The summed E-state index contributed by atoms with van der Waals surface area (Å²) in [6, 6.07) is 3.58. The summed E-state index contributed by atoms with van der Waals surface area (Å²) in [5, 5.41) is 10.7. The number of rotatable bonds is 3. The van der Waals surface area contributed by atoms with Crippen LogP contribution in [0, 0.1) is 0 Å². The Hall–Kier alpha value is -1.68. The van der Waals surface area contributed by atoms with Crippen LogP contribution in [0.2, 0.25) is 5.02 Å². The van der Waals surface area contributed by atoms with Crippen molar-refractivity contribution in [2.24, 2.45) is 7.05 Å². The molecule has 0 aliphatic heterocycles. The molecule has 0 bridgehead atoms. The number of nitrogens with zero attached hydrogens (tertiary/aromatic N) is 1. The van der Waals surface area contributed by atoms with Gasteiger partial charge in [0, 0.05) is 24.1 Å². The molecule has 1 aromatic heterocycles. The normalized spacial score (nSPS) is 11.8. The Morgan fingerprint density at radius 2 is 2.05 bits per heavy atom. The number of carbonyl (C=O) groups is 1. The van der Waals surface area contributed by atoms with Gasteiger partial charge in [-0.15, -0.1) is 0 Å². The molecule has 0 amide bonds. The van der Waals surface area contributed by atoms with Crippen molar-refractivity contribution < 1.29 is 14.6 Å². The number of fused-ring (bicyclic) bond motifs is 1. The minimum Gasteiger partial charge on any atom is -0.495 e. The van der Waals surface area contributed by atoms with Crippen molar-refractivity contribution in [3.63, 3.8) is 0 Å². The predicted octanol–water partition coefficient (Wildman–Crippen LogP) is 3.20. The van der Waals surface area contributed by atoms with Crippen LogP contribution in [-0.2, 0) is 17.3 Å². The number of methoxy groups -OCH3 is 1. The highest BCUT2D eigenvalue weighted by Gasteiger charge is 2.32. The second kappa shape index (κ2) is 4.46. The molecule has 4 nitrogen and oxygen atoms in total. The highest BCUT2D eigenvalue weighted by Crippen LogP contribution is 2.37. The van der Waals surface area contributed by atoms with E-state index in [1.165, 1.54) is 7.11 Å². The average molecular weight is 282 g/mol. The average Bonchev–Trinajstić information content (AvgIpc) is 2.66. The second-order valence-electron chi connectivity index (χ2n) is 5.09. The Morgan fingerprint density at radius 1 is 1.42 bits per heavy atom. The molecule has 0 unspecified atom stereocenters. The van der Waals surface area contributed by atoms with Crippen LogP contribution in [0.5, 0.6) is 5.75 Å². The van der Waals surface area contributed by atoms with Crippen LogP contribution in [0.4, 0.5) is 0 Å². The van der Waals surface area contributed by atoms with Crippen molar-refractivity contribution in [2.45, 2.75) is 19.3 Å². The van der Waals surface area contributed by atoms with Gasteiger partial charge in [-0.2, -0.15) is 0 Å². The van der Waals surface area contributed by atoms with Gasteiger partial charge in [-0.05, 0) is 31.5 Å². The lowest BCUT2D eigenvalue weighted by atomic mass is 9.84. The Morgan fingerprint density at radius 3 is 2.58 bits per heavy atom. The lowest BCUT2D eigenvalue weighted by molar-refractivity contribution is -0.142. The Labute approximate surface area is 116 Å². The summed E-state index contributed by atoms with van der Waals surface area (Å²) >= 11 is 6.11. The van der Waals surface area contributed by atoms with Gasteiger partial charge in [-0.1, -0.05) is 11.6 Å². The standard InChI is InChI=1S/C14H16ClNO3/c1-14(2,13(17)18)9-7-16(3)11-6-10(15)12(19-4)5-8(9)11/h5-7H,1-4H3,(H,17,18). The number of hydrogen-bond acceptors (Lipinski definition) is 2. The van der Waals surface area contributed by atoms with E-state index in [0.717, 1.165) is 16.5 Å². The molecule has 0 aliphatic rings. The van der Waals surface area contributed by atoms with E-state index < -0.39 is 11.4 Å². The SMILES string of the molecule is COc1cc2c(C(C)(C)C(=O)O)cn(C)c2cc1Cl. The zero-order chi connectivity index (χ0) is 14.4. The van der Waals surface area contributed by atoms with Crippen LogP contribution in [0.25, 0.3) is 10.9 Å². The van der Waals surface area contributed by atoms with Crippen molar-refractivity contribution in [3.8, 4) is 5.75 Å². The number of carboxylic acids is 1. The minimum atomic E-state index is -0.974. The summed E-state index contributed by atoms with van der Waals surface area (Å²) in [6.07, 6.45) is 1.83. The topological polar surface area (TPSA) is 51.5 Å². The van der Waals surface area contributed by atoms with Crippen LogP contribution in [0.15, 0.2) is 18.3 Å². The van der Waals surface area contributed by atoms with Crippen molar-refractivity contribution in [2.75, 3.05) is 7.11 Å². The first kappa shape index (κ1) is 13.7. The first-order valence-electron chi connectivity index (χ1n) is 5.85. The zero-order valence-electron chi connectivity index (χ0n) is 11.3. The molecule has 0 radical (unpaired) electrons. The largest absolute Gasteiger partial charge is 0.495 e. The highest BCUT2D eigenvalue weighted by molar-refractivity contribution is 6.32. The van der Waals surface area contributed by atoms with Crippen molar-refractivity contribution in [1.29, 1.82) is 0 Å². The molecule has 0 saturated heterocycles. The minimum absolute atomic E-state index is 0.510. The summed E-state index contributed by atoms with van der Waals surface area (Å²) in [6.45, 7) is 3.37. The van der Waals surface area contributed by atoms with Gasteiger partial charge in [0.25, 0.3) is 0 Å². The van der Waals surface area contributed by atoms with Gasteiger partial charge in [0.1, 0.15) is 5.75 Å². The van der Waals surface area contributed by atoms with Crippen LogP contribution in [-0.4, -0.2) is 22.8 Å². The van der Waals surface area contributed by atoms with Gasteiger partial charge in [0.2, 0.25) is 0 Å². The molecule has 5 heteroatoms. The van der Waals surface area contributed by atoms with E-state index in [1.54, 1.807) is 26.0 Å².